The van der Waals surface area contributed by atoms with Crippen LogP contribution < -0.4 is 0 Å². The number of benzene rings is 1. The van der Waals surface area contributed by atoms with E-state index in [4.69, 9.17) is 0 Å². The van der Waals surface area contributed by atoms with Gasteiger partial charge in [0.1, 0.15) is 0 Å². The van der Waals surface area contributed by atoms with E-state index < -0.39 is 0 Å². The Labute approximate surface area is 106 Å². The highest BCUT2D eigenvalue weighted by Gasteiger charge is 2.15. The number of rotatable bonds is 4. The van der Waals surface area contributed by atoms with Crippen molar-refractivity contribution in [3.63, 3.8) is 0 Å². The van der Waals surface area contributed by atoms with Crippen LogP contribution >= 0.6 is 0 Å². The minimum Gasteiger partial charge on any atom is -0.0696 e. The molecule has 0 heterocycles. The molecular formula is C17H24. The first-order valence-electron chi connectivity index (χ1n) is 7.13. The molecule has 2 rings (SSSR count). The zero-order chi connectivity index (χ0) is 11.9. The molecular weight excluding hydrogens is 204 g/mol. The van der Waals surface area contributed by atoms with E-state index in [1.807, 2.05) is 0 Å². The van der Waals surface area contributed by atoms with E-state index in [1.165, 1.54) is 50.5 Å². The zero-order valence-corrected chi connectivity index (χ0v) is 11.0. The van der Waals surface area contributed by atoms with E-state index in [9.17, 15) is 0 Å². The molecule has 1 aromatic carbocycles. The fraction of sp³-hybridized carbons (Fsp3) is 0.529. The molecule has 0 amide bonds. The van der Waals surface area contributed by atoms with E-state index >= 15 is 0 Å². The van der Waals surface area contributed by atoms with Crippen LogP contribution in [0.5, 0.6) is 0 Å². The van der Waals surface area contributed by atoms with Gasteiger partial charge in [-0.1, -0.05) is 68.2 Å². The summed E-state index contributed by atoms with van der Waals surface area (Å²) in [6.45, 7) is 2.30. The van der Waals surface area contributed by atoms with Crippen molar-refractivity contribution in [1.82, 2.24) is 0 Å². The molecule has 0 unspecified atom stereocenters. The van der Waals surface area contributed by atoms with Gasteiger partial charge in [-0.2, -0.15) is 0 Å². The normalized spacial score (nSPS) is 20.3. The molecule has 1 aromatic rings. The highest BCUT2D eigenvalue weighted by Crippen LogP contribution is 2.32. The third-order valence-corrected chi connectivity index (χ3v) is 3.88. The van der Waals surface area contributed by atoms with Crippen molar-refractivity contribution in [2.75, 3.05) is 0 Å². The van der Waals surface area contributed by atoms with Crippen molar-refractivity contribution < 1.29 is 0 Å². The van der Waals surface area contributed by atoms with Gasteiger partial charge in [0.05, 0.1) is 0 Å². The fourth-order valence-corrected chi connectivity index (χ4v) is 2.76. The Morgan fingerprint density at radius 2 is 1.82 bits per heavy atom. The molecule has 0 saturated heterocycles. The maximum atomic E-state index is 2.40. The van der Waals surface area contributed by atoms with Crippen LogP contribution in [0.2, 0.25) is 0 Å². The van der Waals surface area contributed by atoms with Gasteiger partial charge in [-0.3, -0.25) is 0 Å². The Kier molecular flexibility index (Phi) is 4.85. The average Bonchev–Trinajstić information content (AvgIpc) is 2.39. The lowest BCUT2D eigenvalue weighted by Crippen LogP contribution is -2.07. The molecule has 0 aromatic heterocycles. The molecule has 0 spiro atoms. The summed E-state index contributed by atoms with van der Waals surface area (Å²) in [4.78, 5) is 0. The first kappa shape index (κ1) is 12.4. The summed E-state index contributed by atoms with van der Waals surface area (Å²) in [6, 6.07) is 10.7. The maximum Gasteiger partial charge on any atom is -0.0257 e. The molecule has 92 valence electrons. The second-order valence-electron chi connectivity index (χ2n) is 5.30. The highest BCUT2D eigenvalue weighted by molar-refractivity contribution is 5.52. The van der Waals surface area contributed by atoms with Crippen molar-refractivity contribution in [1.29, 1.82) is 0 Å². The zero-order valence-electron chi connectivity index (χ0n) is 11.0. The molecule has 0 heteroatoms. The van der Waals surface area contributed by atoms with Gasteiger partial charge in [-0.15, -0.1) is 0 Å². The third kappa shape index (κ3) is 4.03. The van der Waals surface area contributed by atoms with Gasteiger partial charge < -0.3 is 0 Å². The van der Waals surface area contributed by atoms with Crippen LogP contribution in [0.25, 0.3) is 6.08 Å². The van der Waals surface area contributed by atoms with E-state index in [1.54, 1.807) is 5.57 Å². The van der Waals surface area contributed by atoms with Gasteiger partial charge in [0.25, 0.3) is 0 Å². The summed E-state index contributed by atoms with van der Waals surface area (Å²) in [5.74, 6) is 1.00. The Bertz CT molecular complexity index is 338. The van der Waals surface area contributed by atoms with Crippen molar-refractivity contribution in [3.05, 3.63) is 41.5 Å². The Hall–Kier alpha value is -1.04. The van der Waals surface area contributed by atoms with E-state index in [2.05, 4.69) is 43.3 Å². The summed E-state index contributed by atoms with van der Waals surface area (Å²) in [5, 5.41) is 0. The predicted molar refractivity (Wildman–Crippen MR) is 75.9 cm³/mol. The van der Waals surface area contributed by atoms with Crippen LogP contribution in [-0.4, -0.2) is 0 Å². The Balaban J connectivity index is 1.84. The van der Waals surface area contributed by atoms with Crippen LogP contribution in [-0.2, 0) is 0 Å². The average molecular weight is 228 g/mol. The Morgan fingerprint density at radius 1 is 1.12 bits per heavy atom. The summed E-state index contributed by atoms with van der Waals surface area (Å²) >= 11 is 0. The van der Waals surface area contributed by atoms with Crippen LogP contribution in [0.3, 0.4) is 0 Å². The third-order valence-electron chi connectivity index (χ3n) is 3.88. The minimum absolute atomic E-state index is 1.00. The number of hydrogen-bond donors (Lipinski definition) is 0. The highest BCUT2D eigenvalue weighted by atomic mass is 14.2. The van der Waals surface area contributed by atoms with E-state index in [-0.39, 0.29) is 0 Å². The topological polar surface area (TPSA) is 0 Å². The Morgan fingerprint density at radius 3 is 2.47 bits per heavy atom. The molecule has 1 aliphatic carbocycles. The van der Waals surface area contributed by atoms with E-state index in [0.29, 0.717) is 0 Å². The monoisotopic (exact) mass is 228 g/mol. The van der Waals surface area contributed by atoms with Gasteiger partial charge >= 0.3 is 0 Å². The summed E-state index contributed by atoms with van der Waals surface area (Å²) < 4.78 is 0. The number of hydrogen-bond acceptors (Lipinski definition) is 0. The van der Waals surface area contributed by atoms with Crippen molar-refractivity contribution in [3.8, 4) is 0 Å². The molecule has 0 bridgehead atoms. The van der Waals surface area contributed by atoms with Gasteiger partial charge in [-0.25, -0.2) is 0 Å². The van der Waals surface area contributed by atoms with Gasteiger partial charge in [0, 0.05) is 0 Å². The number of allylic oxidation sites excluding steroid dienone is 1. The maximum absolute atomic E-state index is 2.40. The lowest BCUT2D eigenvalue weighted by atomic mass is 9.82. The smallest absolute Gasteiger partial charge is 0.0257 e. The summed E-state index contributed by atoms with van der Waals surface area (Å²) in [7, 11) is 0. The molecule has 0 radical (unpaired) electrons. The van der Waals surface area contributed by atoms with Gasteiger partial charge in [-0.05, 0) is 37.2 Å². The van der Waals surface area contributed by atoms with Crippen LogP contribution in [0.1, 0.15) is 57.4 Å². The molecule has 0 nitrogen and oxygen atoms in total. The van der Waals surface area contributed by atoms with Gasteiger partial charge in [0.2, 0.25) is 0 Å². The van der Waals surface area contributed by atoms with Crippen molar-refractivity contribution >= 4 is 6.08 Å². The lowest BCUT2D eigenvalue weighted by Gasteiger charge is -2.23. The molecule has 17 heavy (non-hydrogen) atoms. The summed E-state index contributed by atoms with van der Waals surface area (Å²) in [6.07, 6.45) is 12.1. The largest absolute Gasteiger partial charge is 0.0696 e. The quantitative estimate of drug-likeness (QED) is 0.642. The summed E-state index contributed by atoms with van der Waals surface area (Å²) in [5.41, 5.74) is 3.03. The van der Waals surface area contributed by atoms with Crippen molar-refractivity contribution in [2.45, 2.75) is 51.9 Å². The first-order chi connectivity index (χ1) is 8.38. The molecule has 0 atom stereocenters. The SMILES string of the molecule is CCCCC1CCC(=Cc2ccccc2)CC1. The molecule has 0 aliphatic heterocycles. The first-order valence-corrected chi connectivity index (χ1v) is 7.13. The molecule has 1 saturated carbocycles. The fourth-order valence-electron chi connectivity index (χ4n) is 2.76. The second kappa shape index (κ2) is 6.64. The number of unbranched alkanes of at least 4 members (excludes halogenated alkanes) is 1. The second-order valence-corrected chi connectivity index (χ2v) is 5.30. The van der Waals surface area contributed by atoms with Crippen LogP contribution in [0, 0.1) is 5.92 Å². The molecule has 1 fully saturated rings. The predicted octanol–water partition coefficient (Wildman–Crippen LogP) is 5.45. The van der Waals surface area contributed by atoms with Crippen LogP contribution in [0.15, 0.2) is 35.9 Å². The van der Waals surface area contributed by atoms with Gasteiger partial charge in [0.15, 0.2) is 0 Å². The molecule has 0 N–H and O–H groups in total. The minimum atomic E-state index is 1.00. The van der Waals surface area contributed by atoms with E-state index in [0.717, 1.165) is 5.92 Å². The lowest BCUT2D eigenvalue weighted by molar-refractivity contribution is 0.374. The van der Waals surface area contributed by atoms with Crippen LogP contribution in [0.4, 0.5) is 0 Å². The van der Waals surface area contributed by atoms with Crippen molar-refractivity contribution in [2.24, 2.45) is 5.92 Å². The standard InChI is InChI=1S/C17H24/c1-2-3-7-15-10-12-17(13-11-15)14-16-8-5-4-6-9-16/h4-6,8-9,14-15H,2-3,7,10-13H2,1H3. The molecule has 1 aliphatic rings.